The third-order valence-corrected chi connectivity index (χ3v) is 5.39. The van der Waals surface area contributed by atoms with E-state index < -0.39 is 5.82 Å². The highest BCUT2D eigenvalue weighted by Gasteiger charge is 2.15. The van der Waals surface area contributed by atoms with Crippen molar-refractivity contribution >= 4 is 57.3 Å². The summed E-state index contributed by atoms with van der Waals surface area (Å²) in [6.07, 6.45) is 0. The second-order valence-corrected chi connectivity index (χ2v) is 7.60. The van der Waals surface area contributed by atoms with Crippen molar-refractivity contribution in [2.45, 2.75) is 0 Å². The van der Waals surface area contributed by atoms with E-state index in [0.29, 0.717) is 31.8 Å². The van der Waals surface area contributed by atoms with Crippen LogP contribution in [0.25, 0.3) is 33.3 Å². The van der Waals surface area contributed by atoms with Gasteiger partial charge in [-0.1, -0.05) is 64.6 Å². The highest BCUT2D eigenvalue weighted by atomic mass is 35.5. The van der Waals surface area contributed by atoms with Crippen LogP contribution in [0.5, 0.6) is 0 Å². The van der Waals surface area contributed by atoms with Crippen molar-refractivity contribution in [2.75, 3.05) is 0 Å². The first-order valence-corrected chi connectivity index (χ1v) is 9.45. The molecule has 7 heteroatoms. The van der Waals surface area contributed by atoms with Crippen LogP contribution in [0.2, 0.25) is 20.1 Å². The molecule has 0 aliphatic heterocycles. The predicted octanol–water partition coefficient (Wildman–Crippen LogP) is 5.33. The van der Waals surface area contributed by atoms with Gasteiger partial charge in [0.15, 0.2) is 0 Å². The molecule has 4 rings (SSSR count). The van der Waals surface area contributed by atoms with Crippen molar-refractivity contribution in [1.82, 2.24) is 4.98 Å². The number of aromatic nitrogens is 1. The van der Waals surface area contributed by atoms with Crippen molar-refractivity contribution in [3.05, 3.63) is 86.6 Å². The first-order valence-electron chi connectivity index (χ1n) is 7.94. The third-order valence-electron chi connectivity index (χ3n) is 4.22. The van der Waals surface area contributed by atoms with Gasteiger partial charge in [-0.3, -0.25) is 0 Å². The van der Waals surface area contributed by atoms with Gasteiger partial charge in [-0.15, -0.1) is 0 Å². The van der Waals surface area contributed by atoms with E-state index in [2.05, 4.69) is 4.98 Å². The normalized spacial score (nSPS) is 10.8. The summed E-state index contributed by atoms with van der Waals surface area (Å²) in [5.41, 5.74) is 3.30. The lowest BCUT2D eigenvalue weighted by Gasteiger charge is -2.13. The molecule has 0 aliphatic rings. The Morgan fingerprint density at radius 3 is 2.18 bits per heavy atom. The maximum atomic E-state index is 14.0. The number of benzene rings is 3. The molecule has 1 nitrogen and oxygen atoms in total. The highest BCUT2D eigenvalue weighted by molar-refractivity contribution is 6.36. The number of hydrogen-bond acceptors (Lipinski definition) is 1. The molecule has 0 atom stereocenters. The Kier molecular flexibility index (Phi) is 6.38. The van der Waals surface area contributed by atoms with Crippen LogP contribution in [0.4, 0.5) is 4.39 Å². The Labute approximate surface area is 187 Å². The van der Waals surface area contributed by atoms with Gasteiger partial charge in [0.2, 0.25) is 0 Å². The summed E-state index contributed by atoms with van der Waals surface area (Å²) >= 11 is 24.7. The van der Waals surface area contributed by atoms with Gasteiger partial charge in [-0.05, 0) is 48.0 Å². The zero-order chi connectivity index (χ0) is 19.1. The van der Waals surface area contributed by atoms with E-state index in [9.17, 15) is 4.39 Å². The molecule has 0 radical (unpaired) electrons. The molecule has 0 amide bonds. The molecular weight excluding hydrogens is 463 g/mol. The van der Waals surface area contributed by atoms with Crippen LogP contribution in [0.1, 0.15) is 0 Å². The van der Waals surface area contributed by atoms with Crippen LogP contribution in [-0.4, -0.2) is 4.98 Å². The lowest BCUT2D eigenvalue weighted by Crippen LogP contribution is -3.00. The van der Waals surface area contributed by atoms with Gasteiger partial charge in [0.05, 0.1) is 21.3 Å². The van der Waals surface area contributed by atoms with Crippen molar-refractivity contribution in [2.24, 2.45) is 0 Å². The minimum absolute atomic E-state index is 0. The second-order valence-electron chi connectivity index (χ2n) is 5.94. The number of halogens is 6. The quantitative estimate of drug-likeness (QED) is 0.360. The summed E-state index contributed by atoms with van der Waals surface area (Å²) in [6.45, 7) is 0. The predicted molar refractivity (Wildman–Crippen MR) is 113 cm³/mol. The topological polar surface area (TPSA) is 12.9 Å². The Bertz CT molecular complexity index is 1190. The van der Waals surface area contributed by atoms with Crippen LogP contribution >= 0.6 is 46.4 Å². The Balaban J connectivity index is 0.00000225. The Morgan fingerprint density at radius 1 is 0.679 bits per heavy atom. The summed E-state index contributed by atoms with van der Waals surface area (Å²) in [5.74, 6) is -0.562. The Hall–Kier alpha value is -1.55. The molecule has 0 unspecified atom stereocenters. The van der Waals surface area contributed by atoms with Gasteiger partial charge >= 0.3 is 0 Å². The van der Waals surface area contributed by atoms with Gasteiger partial charge in [-0.25, -0.2) is 9.37 Å². The smallest absolute Gasteiger partial charge is 0.142 e. The first-order chi connectivity index (χ1) is 12.9. The summed E-state index contributed by atoms with van der Waals surface area (Å²) < 4.78 is 14.0. The summed E-state index contributed by atoms with van der Waals surface area (Å²) in [4.78, 5) is 4.64. The lowest BCUT2D eigenvalue weighted by atomic mass is 9.98. The minimum atomic E-state index is -0.562. The molecule has 1 aromatic heterocycles. The van der Waals surface area contributed by atoms with Crippen LogP contribution in [0.3, 0.4) is 0 Å². The maximum Gasteiger partial charge on any atom is 0.142 e. The number of hydrogen-bond donors (Lipinski definition) is 0. The number of pyridine rings is 1. The largest absolute Gasteiger partial charge is 1.00 e. The zero-order valence-electron chi connectivity index (χ0n) is 14.0. The molecule has 0 saturated carbocycles. The van der Waals surface area contributed by atoms with Gasteiger partial charge < -0.3 is 12.4 Å². The molecule has 0 saturated heterocycles. The van der Waals surface area contributed by atoms with E-state index >= 15 is 0 Å². The monoisotopic (exact) mass is 470 g/mol. The van der Waals surface area contributed by atoms with Crippen molar-refractivity contribution in [1.29, 1.82) is 0 Å². The molecule has 0 aliphatic carbocycles. The van der Waals surface area contributed by atoms with E-state index in [1.54, 1.807) is 6.07 Å². The van der Waals surface area contributed by atoms with Crippen LogP contribution < -0.4 is 12.4 Å². The van der Waals surface area contributed by atoms with E-state index in [1.165, 1.54) is 12.1 Å². The molecule has 28 heavy (non-hydrogen) atoms. The van der Waals surface area contributed by atoms with Crippen molar-refractivity contribution < 1.29 is 16.8 Å². The molecule has 0 spiro atoms. The lowest BCUT2D eigenvalue weighted by molar-refractivity contribution is -0.00000548. The average Bonchev–Trinajstić information content (AvgIpc) is 2.64. The van der Waals surface area contributed by atoms with Crippen molar-refractivity contribution in [3.8, 4) is 22.4 Å². The minimum Gasteiger partial charge on any atom is -1.00 e. The van der Waals surface area contributed by atoms with E-state index in [-0.39, 0.29) is 17.4 Å². The van der Waals surface area contributed by atoms with Crippen LogP contribution in [0.15, 0.2) is 60.7 Å². The zero-order valence-corrected chi connectivity index (χ0v) is 17.8. The van der Waals surface area contributed by atoms with Gasteiger partial charge in [0.25, 0.3) is 0 Å². The summed E-state index contributed by atoms with van der Waals surface area (Å²) in [7, 11) is 0. The fourth-order valence-corrected chi connectivity index (χ4v) is 3.85. The molecule has 142 valence electrons. The first kappa shape index (κ1) is 21.2. The molecule has 0 fully saturated rings. The molecule has 0 bridgehead atoms. The summed E-state index contributed by atoms with van der Waals surface area (Å²) in [6, 6.07) is 17.3. The molecule has 1 heterocycles. The molecule has 3 aromatic carbocycles. The van der Waals surface area contributed by atoms with Crippen LogP contribution in [0, 0.1) is 5.82 Å². The molecular formula is C21H10Cl5FN-. The fraction of sp³-hybridized carbons (Fsp3) is 0. The maximum absolute atomic E-state index is 14.0. The molecule has 0 N–H and O–H groups in total. The SMILES string of the molecule is Fc1cc(-c2cc(-c3ccccc3Cl)c3cc(Cl)ccc3n2)c(Cl)cc1Cl.[Cl-]. The van der Waals surface area contributed by atoms with Gasteiger partial charge in [-0.2, -0.15) is 0 Å². The standard InChI is InChI=1S/C21H10Cl4FN.ClH/c22-11-5-6-20-14(7-11)13(12-3-1-2-4-16(12)23)9-21(27-20)15-8-19(26)18(25)10-17(15)24;/h1-10H;1H/p-1. The van der Waals surface area contributed by atoms with Gasteiger partial charge in [0, 0.05) is 26.6 Å². The summed E-state index contributed by atoms with van der Waals surface area (Å²) in [5, 5.41) is 2.28. The van der Waals surface area contributed by atoms with E-state index in [0.717, 1.165) is 16.5 Å². The van der Waals surface area contributed by atoms with Crippen molar-refractivity contribution in [3.63, 3.8) is 0 Å². The van der Waals surface area contributed by atoms with E-state index in [4.69, 9.17) is 46.4 Å². The fourth-order valence-electron chi connectivity index (χ4n) is 2.96. The number of fused-ring (bicyclic) bond motifs is 1. The average molecular weight is 473 g/mol. The third kappa shape index (κ3) is 3.94. The Morgan fingerprint density at radius 2 is 1.43 bits per heavy atom. The van der Waals surface area contributed by atoms with Crippen LogP contribution in [-0.2, 0) is 0 Å². The van der Waals surface area contributed by atoms with E-state index in [1.807, 2.05) is 42.5 Å². The highest BCUT2D eigenvalue weighted by Crippen LogP contribution is 2.39. The number of rotatable bonds is 2. The van der Waals surface area contributed by atoms with Gasteiger partial charge in [0.1, 0.15) is 5.82 Å². The number of nitrogens with zero attached hydrogens (tertiary/aromatic N) is 1. The second kappa shape index (κ2) is 8.44. The molecule has 4 aromatic rings.